The number of aliphatic imine (C=N–C) groups is 2. The van der Waals surface area contributed by atoms with Crippen molar-refractivity contribution in [2.45, 2.75) is 33.2 Å². The van der Waals surface area contributed by atoms with Gasteiger partial charge in [0.1, 0.15) is 11.4 Å². The van der Waals surface area contributed by atoms with Crippen LogP contribution in [0.4, 0.5) is 0 Å². The maximum atomic E-state index is 5.10. The van der Waals surface area contributed by atoms with Crippen LogP contribution in [-0.2, 0) is 5.54 Å². The van der Waals surface area contributed by atoms with Crippen molar-refractivity contribution in [1.82, 2.24) is 9.55 Å². The van der Waals surface area contributed by atoms with Gasteiger partial charge in [-0.1, -0.05) is 72.8 Å². The smallest absolute Gasteiger partial charge is 0.158 e. The zero-order chi connectivity index (χ0) is 23.2. The van der Waals surface area contributed by atoms with Gasteiger partial charge in [-0.3, -0.25) is 0 Å². The fraction of sp³-hybridized carbons (Fsp3) is 0.167. The molecule has 3 aliphatic rings. The molecule has 2 aliphatic heterocycles. The Morgan fingerprint density at radius 3 is 2.32 bits per heavy atom. The molecular weight excluding hydrogens is 416 g/mol. The van der Waals surface area contributed by atoms with E-state index in [0.29, 0.717) is 0 Å². The van der Waals surface area contributed by atoms with E-state index in [-0.39, 0.29) is 0 Å². The standard InChI is InChI=1S/C30H24N4/c1-17-18(2)32-28(31-17)26-16-14-22-10-6-8-12-25(22)30(26)27-23-11-7-5-9-21(23)13-15-24(27)29-33-19(3)20(4)34(29)30/h5-16H,1-4H3. The predicted molar refractivity (Wildman–Crippen MR) is 140 cm³/mol. The molecule has 34 heavy (non-hydrogen) atoms. The van der Waals surface area contributed by atoms with E-state index in [4.69, 9.17) is 15.0 Å². The van der Waals surface area contributed by atoms with Crippen LogP contribution in [0.5, 0.6) is 0 Å². The summed E-state index contributed by atoms with van der Waals surface area (Å²) in [6.45, 7) is 8.36. The molecule has 164 valence electrons. The predicted octanol–water partition coefficient (Wildman–Crippen LogP) is 6.60. The Morgan fingerprint density at radius 2 is 1.50 bits per heavy atom. The Hall–Kier alpha value is -4.05. The SMILES string of the molecule is CC1=NC(=C2C=Cc3ccccc3C23c2c(ccc4ccccc24)-c2nc(C)c(C)n23)N=C1C. The molecular formula is C30H24N4. The average molecular weight is 441 g/mol. The molecule has 0 bridgehead atoms. The second-order valence-electron chi connectivity index (χ2n) is 9.41. The first-order valence-corrected chi connectivity index (χ1v) is 11.7. The van der Waals surface area contributed by atoms with E-state index in [9.17, 15) is 0 Å². The Labute approximate surface area is 198 Å². The van der Waals surface area contributed by atoms with Crippen LogP contribution in [-0.4, -0.2) is 21.0 Å². The lowest BCUT2D eigenvalue weighted by molar-refractivity contribution is 0.525. The maximum Gasteiger partial charge on any atom is 0.158 e. The summed E-state index contributed by atoms with van der Waals surface area (Å²) in [5.41, 5.74) is 9.55. The molecule has 0 saturated heterocycles. The number of rotatable bonds is 0. The largest absolute Gasteiger partial charge is 0.309 e. The molecule has 1 unspecified atom stereocenters. The molecule has 1 aliphatic carbocycles. The normalized spacial score (nSPS) is 20.0. The van der Waals surface area contributed by atoms with Crippen LogP contribution in [0.25, 0.3) is 28.2 Å². The van der Waals surface area contributed by atoms with Crippen LogP contribution in [0.15, 0.2) is 88.1 Å². The highest BCUT2D eigenvalue weighted by molar-refractivity contribution is 6.42. The second-order valence-corrected chi connectivity index (χ2v) is 9.41. The third-order valence-electron chi connectivity index (χ3n) is 7.69. The molecule has 0 fully saturated rings. The molecule has 4 nitrogen and oxygen atoms in total. The average Bonchev–Trinajstić information content (AvgIpc) is 3.45. The number of fused-ring (bicyclic) bond motifs is 9. The third kappa shape index (κ3) is 2.21. The minimum absolute atomic E-state index is 0.602. The quantitative estimate of drug-likeness (QED) is 0.304. The van der Waals surface area contributed by atoms with Crippen molar-refractivity contribution in [1.29, 1.82) is 0 Å². The first-order valence-electron chi connectivity index (χ1n) is 11.7. The monoisotopic (exact) mass is 440 g/mol. The number of hydrogen-bond donors (Lipinski definition) is 0. The number of imidazole rings is 1. The number of aryl methyl sites for hydroxylation is 1. The molecule has 1 aromatic heterocycles. The Kier molecular flexibility index (Phi) is 3.72. The molecule has 0 saturated carbocycles. The lowest BCUT2D eigenvalue weighted by atomic mass is 9.70. The van der Waals surface area contributed by atoms with E-state index in [1.54, 1.807) is 0 Å². The van der Waals surface area contributed by atoms with Crippen molar-refractivity contribution in [2.24, 2.45) is 9.98 Å². The van der Waals surface area contributed by atoms with Gasteiger partial charge in [-0.25, -0.2) is 15.0 Å². The van der Waals surface area contributed by atoms with Crippen molar-refractivity contribution in [3.63, 3.8) is 0 Å². The van der Waals surface area contributed by atoms with E-state index in [1.807, 2.05) is 13.8 Å². The van der Waals surface area contributed by atoms with Gasteiger partial charge in [-0.15, -0.1) is 0 Å². The lowest BCUT2D eigenvalue weighted by Crippen LogP contribution is -2.38. The molecule has 0 radical (unpaired) electrons. The number of nitrogens with zero attached hydrogens (tertiary/aromatic N) is 4. The molecule has 3 aromatic carbocycles. The molecule has 4 aromatic rings. The third-order valence-corrected chi connectivity index (χ3v) is 7.69. The lowest BCUT2D eigenvalue weighted by Gasteiger charge is -2.40. The molecule has 4 heteroatoms. The first kappa shape index (κ1) is 19.4. The summed E-state index contributed by atoms with van der Waals surface area (Å²) in [4.78, 5) is 15.0. The molecule has 0 N–H and O–H groups in total. The number of benzene rings is 3. The van der Waals surface area contributed by atoms with Gasteiger partial charge in [0.25, 0.3) is 0 Å². The second kappa shape index (κ2) is 6.51. The van der Waals surface area contributed by atoms with Crippen molar-refractivity contribution in [3.05, 3.63) is 106 Å². The van der Waals surface area contributed by atoms with Gasteiger partial charge in [0.2, 0.25) is 0 Å². The van der Waals surface area contributed by atoms with Crippen LogP contribution in [0.1, 0.15) is 41.9 Å². The van der Waals surface area contributed by atoms with Crippen molar-refractivity contribution < 1.29 is 0 Å². The topological polar surface area (TPSA) is 42.5 Å². The number of aromatic nitrogens is 2. The van der Waals surface area contributed by atoms with E-state index >= 15 is 0 Å². The Bertz CT molecular complexity index is 1670. The highest BCUT2D eigenvalue weighted by Crippen LogP contribution is 2.58. The van der Waals surface area contributed by atoms with Crippen LogP contribution in [0, 0.1) is 13.8 Å². The minimum atomic E-state index is -0.602. The van der Waals surface area contributed by atoms with Crippen molar-refractivity contribution in [2.75, 3.05) is 0 Å². The molecule has 1 spiro atoms. The summed E-state index contributed by atoms with van der Waals surface area (Å²) < 4.78 is 2.44. The number of allylic oxidation sites excluding steroid dienone is 2. The van der Waals surface area contributed by atoms with Gasteiger partial charge in [0.05, 0.1) is 17.1 Å². The van der Waals surface area contributed by atoms with Crippen LogP contribution in [0.3, 0.4) is 0 Å². The summed E-state index contributed by atoms with van der Waals surface area (Å²) in [5.74, 6) is 1.80. The maximum absolute atomic E-state index is 5.10. The van der Waals surface area contributed by atoms with Gasteiger partial charge >= 0.3 is 0 Å². The molecule has 7 rings (SSSR count). The fourth-order valence-corrected chi connectivity index (χ4v) is 5.94. The summed E-state index contributed by atoms with van der Waals surface area (Å²) in [6.07, 6.45) is 4.44. The van der Waals surface area contributed by atoms with Gasteiger partial charge < -0.3 is 4.57 Å². The van der Waals surface area contributed by atoms with Crippen LogP contribution < -0.4 is 0 Å². The van der Waals surface area contributed by atoms with E-state index in [1.165, 1.54) is 33.0 Å². The Morgan fingerprint density at radius 1 is 0.765 bits per heavy atom. The van der Waals surface area contributed by atoms with Crippen LogP contribution in [0.2, 0.25) is 0 Å². The summed E-state index contributed by atoms with van der Waals surface area (Å²) >= 11 is 0. The first-order chi connectivity index (χ1) is 16.5. The molecule has 0 amide bonds. The Balaban J connectivity index is 1.77. The molecule has 1 atom stereocenters. The van der Waals surface area contributed by atoms with Gasteiger partial charge in [-0.05, 0) is 49.6 Å². The summed E-state index contributed by atoms with van der Waals surface area (Å²) in [6, 6.07) is 21.9. The van der Waals surface area contributed by atoms with E-state index in [0.717, 1.165) is 40.0 Å². The van der Waals surface area contributed by atoms with Crippen molar-refractivity contribution >= 4 is 28.3 Å². The fourth-order valence-electron chi connectivity index (χ4n) is 5.94. The molecule has 3 heterocycles. The zero-order valence-corrected chi connectivity index (χ0v) is 19.7. The zero-order valence-electron chi connectivity index (χ0n) is 19.7. The van der Waals surface area contributed by atoms with E-state index in [2.05, 4.69) is 91.2 Å². The highest BCUT2D eigenvalue weighted by atomic mass is 15.2. The van der Waals surface area contributed by atoms with E-state index < -0.39 is 5.54 Å². The number of hydrogen-bond acceptors (Lipinski definition) is 3. The van der Waals surface area contributed by atoms with Gasteiger partial charge in [-0.2, -0.15) is 0 Å². The van der Waals surface area contributed by atoms with Crippen LogP contribution >= 0.6 is 0 Å². The van der Waals surface area contributed by atoms with Gasteiger partial charge in [0.15, 0.2) is 5.82 Å². The van der Waals surface area contributed by atoms with Crippen molar-refractivity contribution in [3.8, 4) is 11.4 Å². The van der Waals surface area contributed by atoms with Gasteiger partial charge in [0, 0.05) is 22.4 Å². The summed E-state index contributed by atoms with van der Waals surface area (Å²) in [7, 11) is 0. The summed E-state index contributed by atoms with van der Waals surface area (Å²) in [5, 5.41) is 2.47. The highest BCUT2D eigenvalue weighted by Gasteiger charge is 2.52. The minimum Gasteiger partial charge on any atom is -0.309 e.